The number of thioether (sulfide) groups is 1. The molecule has 0 aliphatic carbocycles. The minimum absolute atomic E-state index is 0.0951. The van der Waals surface area contributed by atoms with Crippen molar-refractivity contribution < 1.29 is 9.53 Å². The highest BCUT2D eigenvalue weighted by atomic mass is 32.2. The van der Waals surface area contributed by atoms with Gasteiger partial charge in [-0.2, -0.15) is 0 Å². The number of benzene rings is 2. The molecule has 1 N–H and O–H groups in total. The Labute approximate surface area is 154 Å². The van der Waals surface area contributed by atoms with Crippen molar-refractivity contribution in [2.75, 3.05) is 12.9 Å². The number of hydrogen-bond acceptors (Lipinski definition) is 4. The summed E-state index contributed by atoms with van der Waals surface area (Å²) >= 11 is 1.86. The van der Waals surface area contributed by atoms with Crippen LogP contribution in [0.15, 0.2) is 47.4 Å². The Balaban J connectivity index is 2.04. The molecule has 1 aliphatic rings. The first-order valence-corrected chi connectivity index (χ1v) is 9.86. The molecule has 0 saturated heterocycles. The van der Waals surface area contributed by atoms with Gasteiger partial charge >= 0.3 is 0 Å². The molecule has 2 aromatic carbocycles. The summed E-state index contributed by atoms with van der Waals surface area (Å²) < 4.78 is 5.41. The molecule has 3 rings (SSSR count). The summed E-state index contributed by atoms with van der Waals surface area (Å²) in [5.74, 6) is 1.68. The Hall–Kier alpha value is -1.78. The van der Waals surface area contributed by atoms with E-state index in [2.05, 4.69) is 36.5 Å². The highest BCUT2D eigenvalue weighted by Crippen LogP contribution is 2.39. The lowest BCUT2D eigenvalue weighted by molar-refractivity contribution is 0.112. The van der Waals surface area contributed by atoms with Crippen molar-refractivity contribution in [1.29, 1.82) is 0 Å². The van der Waals surface area contributed by atoms with Gasteiger partial charge in [0, 0.05) is 16.7 Å². The number of rotatable bonds is 6. The summed E-state index contributed by atoms with van der Waals surface area (Å²) in [5, 5.41) is 3.83. The average Bonchev–Trinajstić information content (AvgIpc) is 2.85. The summed E-state index contributed by atoms with van der Waals surface area (Å²) in [6.45, 7) is 2.23. The van der Waals surface area contributed by atoms with Gasteiger partial charge in [-0.1, -0.05) is 50.1 Å². The van der Waals surface area contributed by atoms with Crippen LogP contribution in [0.4, 0.5) is 0 Å². The zero-order valence-electron chi connectivity index (χ0n) is 14.8. The fourth-order valence-electron chi connectivity index (χ4n) is 3.32. The number of carbonyl (C=O) groups is 1. The van der Waals surface area contributed by atoms with Crippen LogP contribution >= 0.6 is 11.8 Å². The Morgan fingerprint density at radius 1 is 1.28 bits per heavy atom. The minimum atomic E-state index is 0.0951. The van der Waals surface area contributed by atoms with E-state index in [-0.39, 0.29) is 6.04 Å². The molecular formula is C21H25NO2S. The van der Waals surface area contributed by atoms with Crippen LogP contribution in [-0.2, 0) is 0 Å². The lowest BCUT2D eigenvalue weighted by Gasteiger charge is -2.24. The second kappa shape index (κ2) is 8.54. The van der Waals surface area contributed by atoms with E-state index in [9.17, 15) is 4.79 Å². The number of methoxy groups -OCH3 is 1. The Morgan fingerprint density at radius 2 is 2.08 bits per heavy atom. The summed E-state index contributed by atoms with van der Waals surface area (Å²) in [7, 11) is 1.62. The molecule has 132 valence electrons. The first kappa shape index (κ1) is 18.0. The maximum Gasteiger partial charge on any atom is 0.153 e. The van der Waals surface area contributed by atoms with Gasteiger partial charge in [0.2, 0.25) is 0 Å². The molecule has 3 nitrogen and oxygen atoms in total. The van der Waals surface area contributed by atoms with E-state index in [4.69, 9.17) is 4.74 Å². The van der Waals surface area contributed by atoms with Gasteiger partial charge in [-0.25, -0.2) is 0 Å². The van der Waals surface area contributed by atoms with E-state index in [1.807, 2.05) is 30.0 Å². The van der Waals surface area contributed by atoms with Crippen LogP contribution in [0.2, 0.25) is 0 Å². The standard InChI is InChI=1S/C21H25NO2S/c1-3-4-10-17-14-25-20-12-19(24-2)16(13-23)11-18(20)21(22-17)15-8-6-5-7-9-15/h5-9,11-13,17,21-22H,3-4,10,14H2,1-2H3/t17-,21-/m1/s1. The number of nitrogens with one attached hydrogen (secondary N) is 1. The van der Waals surface area contributed by atoms with E-state index in [0.29, 0.717) is 17.4 Å². The molecule has 0 saturated carbocycles. The third kappa shape index (κ3) is 4.07. The average molecular weight is 356 g/mol. The van der Waals surface area contributed by atoms with Gasteiger partial charge < -0.3 is 10.1 Å². The van der Waals surface area contributed by atoms with Crippen LogP contribution in [0.3, 0.4) is 0 Å². The molecule has 0 spiro atoms. The molecule has 0 unspecified atom stereocenters. The third-order valence-electron chi connectivity index (χ3n) is 4.68. The van der Waals surface area contributed by atoms with Crippen LogP contribution in [-0.4, -0.2) is 25.2 Å². The van der Waals surface area contributed by atoms with E-state index < -0.39 is 0 Å². The number of fused-ring (bicyclic) bond motifs is 1. The summed E-state index contributed by atoms with van der Waals surface area (Å²) in [6, 6.07) is 15.0. The Morgan fingerprint density at radius 3 is 2.76 bits per heavy atom. The smallest absolute Gasteiger partial charge is 0.153 e. The van der Waals surface area contributed by atoms with E-state index in [1.165, 1.54) is 29.7 Å². The van der Waals surface area contributed by atoms with Crippen molar-refractivity contribution in [3.05, 3.63) is 59.2 Å². The zero-order valence-corrected chi connectivity index (χ0v) is 15.6. The van der Waals surface area contributed by atoms with Crippen molar-refractivity contribution in [1.82, 2.24) is 5.32 Å². The van der Waals surface area contributed by atoms with Crippen molar-refractivity contribution in [3.63, 3.8) is 0 Å². The van der Waals surface area contributed by atoms with Gasteiger partial charge in [-0.05, 0) is 29.7 Å². The van der Waals surface area contributed by atoms with Crippen molar-refractivity contribution in [2.24, 2.45) is 0 Å². The van der Waals surface area contributed by atoms with Crippen LogP contribution in [0, 0.1) is 0 Å². The largest absolute Gasteiger partial charge is 0.496 e. The molecule has 0 bridgehead atoms. The molecule has 1 heterocycles. The van der Waals surface area contributed by atoms with Gasteiger partial charge in [-0.3, -0.25) is 4.79 Å². The third-order valence-corrected chi connectivity index (χ3v) is 5.92. The number of aldehydes is 1. The fraction of sp³-hybridized carbons (Fsp3) is 0.381. The molecule has 0 amide bonds. The molecular weight excluding hydrogens is 330 g/mol. The predicted molar refractivity (Wildman–Crippen MR) is 104 cm³/mol. The van der Waals surface area contributed by atoms with Gasteiger partial charge in [0.25, 0.3) is 0 Å². The zero-order chi connectivity index (χ0) is 17.6. The van der Waals surface area contributed by atoms with Gasteiger partial charge in [0.15, 0.2) is 6.29 Å². The lowest BCUT2D eigenvalue weighted by atomic mass is 9.95. The van der Waals surface area contributed by atoms with E-state index >= 15 is 0 Å². The topological polar surface area (TPSA) is 38.3 Å². The first-order valence-electron chi connectivity index (χ1n) is 8.87. The molecule has 25 heavy (non-hydrogen) atoms. The molecule has 0 radical (unpaired) electrons. The van der Waals surface area contributed by atoms with Gasteiger partial charge in [0.1, 0.15) is 5.75 Å². The summed E-state index contributed by atoms with van der Waals surface area (Å²) in [6.07, 6.45) is 4.47. The normalized spacial score (nSPS) is 19.8. The molecule has 0 fully saturated rings. The minimum Gasteiger partial charge on any atom is -0.496 e. The van der Waals surface area contributed by atoms with Crippen molar-refractivity contribution >= 4 is 18.0 Å². The van der Waals surface area contributed by atoms with Gasteiger partial charge in [-0.15, -0.1) is 11.8 Å². The SMILES string of the molecule is CCCC[C@@H]1CSc2cc(OC)c(C=O)cc2[C@@H](c2ccccc2)N1. The second-order valence-corrected chi connectivity index (χ2v) is 7.47. The Bertz CT molecular complexity index is 717. The Kier molecular flexibility index (Phi) is 6.16. The molecule has 0 aromatic heterocycles. The van der Waals surface area contributed by atoms with E-state index in [0.717, 1.165) is 17.6 Å². The number of hydrogen-bond donors (Lipinski definition) is 1. The first-order chi connectivity index (χ1) is 12.3. The monoisotopic (exact) mass is 355 g/mol. The van der Waals surface area contributed by atoms with Crippen molar-refractivity contribution in [2.45, 2.75) is 43.2 Å². The number of unbranched alkanes of at least 4 members (excludes halogenated alkanes) is 1. The number of carbonyl (C=O) groups excluding carboxylic acids is 1. The van der Waals surface area contributed by atoms with Gasteiger partial charge in [0.05, 0.1) is 18.7 Å². The summed E-state index contributed by atoms with van der Waals surface area (Å²) in [5.41, 5.74) is 3.00. The van der Waals surface area contributed by atoms with Crippen LogP contribution in [0.5, 0.6) is 5.75 Å². The van der Waals surface area contributed by atoms with Crippen molar-refractivity contribution in [3.8, 4) is 5.75 Å². The van der Waals surface area contributed by atoms with E-state index in [1.54, 1.807) is 7.11 Å². The van der Waals surface area contributed by atoms with Crippen LogP contribution in [0.1, 0.15) is 53.7 Å². The maximum absolute atomic E-state index is 11.5. The second-order valence-electron chi connectivity index (χ2n) is 6.41. The van der Waals surface area contributed by atoms with Crippen LogP contribution < -0.4 is 10.1 Å². The molecule has 2 aromatic rings. The summed E-state index contributed by atoms with van der Waals surface area (Å²) in [4.78, 5) is 12.7. The molecule has 1 aliphatic heterocycles. The quantitative estimate of drug-likeness (QED) is 0.752. The predicted octanol–water partition coefficient (Wildman–Crippen LogP) is 4.85. The lowest BCUT2D eigenvalue weighted by Crippen LogP contribution is -2.34. The highest BCUT2D eigenvalue weighted by Gasteiger charge is 2.26. The maximum atomic E-state index is 11.5. The van der Waals surface area contributed by atoms with Crippen LogP contribution in [0.25, 0.3) is 0 Å². The molecule has 2 atom stereocenters. The number of ether oxygens (including phenoxy) is 1. The highest BCUT2D eigenvalue weighted by molar-refractivity contribution is 7.99. The fourth-order valence-corrected chi connectivity index (χ4v) is 4.49. The molecule has 4 heteroatoms.